The minimum atomic E-state index is -0.484. The smallest absolute Gasteiger partial charge is 0.159 e. The number of rotatable bonds is 12. The van der Waals surface area contributed by atoms with Crippen molar-refractivity contribution >= 4 is 0 Å². The van der Waals surface area contributed by atoms with Gasteiger partial charge in [0.05, 0.1) is 25.1 Å². The molecule has 0 fully saturated rings. The van der Waals surface area contributed by atoms with Crippen LogP contribution >= 0.6 is 0 Å². The normalized spacial score (nSPS) is 12.0. The van der Waals surface area contributed by atoms with E-state index in [-0.39, 0.29) is 6.61 Å². The van der Waals surface area contributed by atoms with Gasteiger partial charge in [-0.2, -0.15) is 0 Å². The van der Waals surface area contributed by atoms with Crippen LogP contribution in [0.15, 0.2) is 36.7 Å². The highest BCUT2D eigenvalue weighted by atomic mass is 16.5. The molecule has 0 aliphatic rings. The third-order valence-electron chi connectivity index (χ3n) is 4.00. The molecule has 26 heavy (non-hydrogen) atoms. The van der Waals surface area contributed by atoms with E-state index >= 15 is 0 Å². The van der Waals surface area contributed by atoms with Gasteiger partial charge in [0.2, 0.25) is 0 Å². The maximum absolute atomic E-state index is 9.24. The molecular formula is C21H30N2O3. The quantitative estimate of drug-likeness (QED) is 0.560. The van der Waals surface area contributed by atoms with E-state index in [2.05, 4.69) is 16.9 Å². The van der Waals surface area contributed by atoms with E-state index in [9.17, 15) is 5.11 Å². The van der Waals surface area contributed by atoms with Crippen LogP contribution in [-0.2, 0) is 0 Å². The summed E-state index contributed by atoms with van der Waals surface area (Å²) in [5.41, 5.74) is 0.914. The topological polar surface area (TPSA) is 64.5 Å². The molecule has 2 rings (SSSR count). The van der Waals surface area contributed by atoms with Gasteiger partial charge in [0.1, 0.15) is 12.4 Å². The third kappa shape index (κ3) is 7.40. The zero-order chi connectivity index (χ0) is 18.6. The Kier molecular flexibility index (Phi) is 8.90. The number of nitrogens with zero attached hydrogens (tertiary/aromatic N) is 2. The molecule has 0 aliphatic carbocycles. The van der Waals surface area contributed by atoms with E-state index in [0.717, 1.165) is 12.0 Å². The van der Waals surface area contributed by atoms with Crippen LogP contribution < -0.4 is 9.47 Å². The zero-order valence-corrected chi connectivity index (χ0v) is 15.9. The number of benzene rings is 1. The van der Waals surface area contributed by atoms with Crippen molar-refractivity contribution < 1.29 is 14.6 Å². The highest BCUT2D eigenvalue weighted by Crippen LogP contribution is 2.20. The molecular weight excluding hydrogens is 328 g/mol. The molecule has 0 saturated carbocycles. The number of aromatic nitrogens is 2. The van der Waals surface area contributed by atoms with Crippen molar-refractivity contribution in [3.8, 4) is 22.9 Å². The molecule has 0 spiro atoms. The molecule has 1 heterocycles. The fraction of sp³-hybridized carbons (Fsp3) is 0.524. The molecule has 0 saturated heterocycles. The van der Waals surface area contributed by atoms with E-state index in [4.69, 9.17) is 9.47 Å². The first-order valence-corrected chi connectivity index (χ1v) is 9.55. The standard InChI is InChI=1S/C21H30N2O3/c1-3-4-5-6-7-8-13-25-20-14-22-21(23-15-20)18-9-11-19(12-10-18)26-16-17(2)24/h9-12,14-15,17,24H,3-8,13,16H2,1-2H3/t17-/m0/s1. The van der Waals surface area contributed by atoms with Gasteiger partial charge >= 0.3 is 0 Å². The van der Waals surface area contributed by atoms with Crippen LogP contribution in [0.2, 0.25) is 0 Å². The Labute approximate surface area is 156 Å². The van der Waals surface area contributed by atoms with E-state index in [1.54, 1.807) is 19.3 Å². The van der Waals surface area contributed by atoms with Crippen LogP contribution in [0.3, 0.4) is 0 Å². The SMILES string of the molecule is CCCCCCCCOc1cnc(-c2ccc(OC[C@H](C)O)cc2)nc1. The fourth-order valence-corrected chi connectivity index (χ4v) is 2.53. The number of unbranched alkanes of at least 4 members (excludes halogenated alkanes) is 5. The number of hydrogen-bond donors (Lipinski definition) is 1. The van der Waals surface area contributed by atoms with E-state index < -0.39 is 6.10 Å². The highest BCUT2D eigenvalue weighted by Gasteiger charge is 2.04. The number of aliphatic hydroxyl groups is 1. The Balaban J connectivity index is 1.76. The van der Waals surface area contributed by atoms with Crippen LogP contribution in [-0.4, -0.2) is 34.4 Å². The van der Waals surface area contributed by atoms with E-state index in [1.807, 2.05) is 24.3 Å². The molecule has 0 unspecified atom stereocenters. The van der Waals surface area contributed by atoms with Crippen molar-refractivity contribution in [2.45, 2.75) is 58.5 Å². The largest absolute Gasteiger partial charge is 0.491 e. The second-order valence-electron chi connectivity index (χ2n) is 6.54. The average Bonchev–Trinajstić information content (AvgIpc) is 2.66. The van der Waals surface area contributed by atoms with Crippen LogP contribution in [0.4, 0.5) is 0 Å². The molecule has 1 N–H and O–H groups in total. The van der Waals surface area contributed by atoms with Crippen molar-refractivity contribution in [3.05, 3.63) is 36.7 Å². The molecule has 2 aromatic rings. The second kappa shape index (κ2) is 11.5. The molecule has 0 aliphatic heterocycles. The van der Waals surface area contributed by atoms with Crippen molar-refractivity contribution in [1.82, 2.24) is 9.97 Å². The highest BCUT2D eigenvalue weighted by molar-refractivity contribution is 5.56. The van der Waals surface area contributed by atoms with Gasteiger partial charge in [-0.1, -0.05) is 39.0 Å². The first kappa shape index (κ1) is 20.2. The first-order valence-electron chi connectivity index (χ1n) is 9.55. The van der Waals surface area contributed by atoms with Gasteiger partial charge in [-0.25, -0.2) is 9.97 Å². The predicted molar refractivity (Wildman–Crippen MR) is 104 cm³/mol. The summed E-state index contributed by atoms with van der Waals surface area (Å²) in [5.74, 6) is 2.08. The predicted octanol–water partition coefficient (Wildman–Crippen LogP) is 4.64. The van der Waals surface area contributed by atoms with Gasteiger partial charge in [0, 0.05) is 5.56 Å². The maximum Gasteiger partial charge on any atom is 0.159 e. The van der Waals surface area contributed by atoms with Gasteiger partial charge in [0.15, 0.2) is 11.6 Å². The first-order chi connectivity index (χ1) is 12.7. The minimum absolute atomic E-state index is 0.278. The van der Waals surface area contributed by atoms with Crippen LogP contribution in [0.5, 0.6) is 11.5 Å². The Bertz CT molecular complexity index is 612. The maximum atomic E-state index is 9.24. The molecule has 1 aromatic heterocycles. The van der Waals surface area contributed by atoms with Crippen LogP contribution in [0, 0.1) is 0 Å². The summed E-state index contributed by atoms with van der Waals surface area (Å²) in [4.78, 5) is 8.75. The van der Waals surface area contributed by atoms with E-state index in [1.165, 1.54) is 32.1 Å². The minimum Gasteiger partial charge on any atom is -0.491 e. The fourth-order valence-electron chi connectivity index (χ4n) is 2.53. The molecule has 5 heteroatoms. The lowest BCUT2D eigenvalue weighted by atomic mass is 10.1. The molecule has 142 valence electrons. The number of aliphatic hydroxyl groups excluding tert-OH is 1. The van der Waals surface area contributed by atoms with Gasteiger partial charge in [-0.15, -0.1) is 0 Å². The zero-order valence-electron chi connectivity index (χ0n) is 15.9. The molecule has 0 bridgehead atoms. The average molecular weight is 358 g/mol. The van der Waals surface area contributed by atoms with E-state index in [0.29, 0.717) is 23.9 Å². The Morgan fingerprint density at radius 1 is 0.885 bits per heavy atom. The molecule has 0 amide bonds. The lowest BCUT2D eigenvalue weighted by Crippen LogP contribution is -2.12. The van der Waals surface area contributed by atoms with Crippen molar-refractivity contribution in [3.63, 3.8) is 0 Å². The molecule has 1 aromatic carbocycles. The monoisotopic (exact) mass is 358 g/mol. The molecule has 5 nitrogen and oxygen atoms in total. The Morgan fingerprint density at radius 2 is 1.54 bits per heavy atom. The Morgan fingerprint density at radius 3 is 2.19 bits per heavy atom. The molecule has 1 atom stereocenters. The summed E-state index contributed by atoms with van der Waals surface area (Å²) < 4.78 is 11.2. The Hall–Kier alpha value is -2.14. The summed E-state index contributed by atoms with van der Waals surface area (Å²) in [7, 11) is 0. The van der Waals surface area contributed by atoms with Gasteiger partial charge in [-0.05, 0) is 37.6 Å². The lowest BCUT2D eigenvalue weighted by Gasteiger charge is -2.09. The summed E-state index contributed by atoms with van der Waals surface area (Å²) in [6, 6.07) is 7.52. The lowest BCUT2D eigenvalue weighted by molar-refractivity contribution is 0.123. The van der Waals surface area contributed by atoms with Gasteiger partial charge in [-0.3, -0.25) is 0 Å². The van der Waals surface area contributed by atoms with Crippen LogP contribution in [0.25, 0.3) is 11.4 Å². The third-order valence-corrected chi connectivity index (χ3v) is 4.00. The summed E-state index contributed by atoms with van der Waals surface area (Å²) in [5, 5.41) is 9.24. The van der Waals surface area contributed by atoms with Crippen LogP contribution in [0.1, 0.15) is 52.4 Å². The second-order valence-corrected chi connectivity index (χ2v) is 6.54. The van der Waals surface area contributed by atoms with Gasteiger partial charge in [0.25, 0.3) is 0 Å². The number of ether oxygens (including phenoxy) is 2. The summed E-state index contributed by atoms with van der Waals surface area (Å²) in [6.07, 6.45) is 10.4. The van der Waals surface area contributed by atoms with Crippen molar-refractivity contribution in [2.75, 3.05) is 13.2 Å². The molecule has 0 radical (unpaired) electrons. The van der Waals surface area contributed by atoms with Crippen molar-refractivity contribution in [2.24, 2.45) is 0 Å². The number of hydrogen-bond acceptors (Lipinski definition) is 5. The summed E-state index contributed by atoms with van der Waals surface area (Å²) in [6.45, 7) is 4.91. The summed E-state index contributed by atoms with van der Waals surface area (Å²) >= 11 is 0. The van der Waals surface area contributed by atoms with Gasteiger partial charge < -0.3 is 14.6 Å². The van der Waals surface area contributed by atoms with Crippen molar-refractivity contribution in [1.29, 1.82) is 0 Å².